The van der Waals surface area contributed by atoms with Crippen molar-refractivity contribution in [3.8, 4) is 0 Å². The van der Waals surface area contributed by atoms with E-state index in [0.717, 1.165) is 43.6 Å². The van der Waals surface area contributed by atoms with Gasteiger partial charge in [0.1, 0.15) is 0 Å². The number of thiophene rings is 1. The molecule has 2 aromatic rings. The Morgan fingerprint density at radius 1 is 1.33 bits per heavy atom. The highest BCUT2D eigenvalue weighted by molar-refractivity contribution is 7.09. The molecule has 5 heteroatoms. The zero-order valence-electron chi connectivity index (χ0n) is 13.8. The summed E-state index contributed by atoms with van der Waals surface area (Å²) in [5, 5.41) is 14.8. The molecule has 0 bridgehead atoms. The molecule has 0 spiro atoms. The number of hydrogen-bond acceptors (Lipinski definition) is 4. The van der Waals surface area contributed by atoms with Crippen molar-refractivity contribution in [1.82, 2.24) is 4.90 Å². The number of anilines is 1. The number of benzene rings is 1. The number of nitrogens with one attached hydrogen (secondary N) is 1. The maximum atomic E-state index is 12.7. The molecule has 4 nitrogen and oxygen atoms in total. The first-order valence-electron chi connectivity index (χ1n) is 8.52. The Balaban J connectivity index is 1.58. The molecule has 1 fully saturated rings. The van der Waals surface area contributed by atoms with Gasteiger partial charge in [0.15, 0.2) is 0 Å². The van der Waals surface area contributed by atoms with Crippen molar-refractivity contribution < 1.29 is 9.90 Å². The van der Waals surface area contributed by atoms with Crippen LogP contribution in [-0.2, 0) is 6.42 Å². The van der Waals surface area contributed by atoms with Crippen molar-refractivity contribution in [2.75, 3.05) is 31.6 Å². The van der Waals surface area contributed by atoms with Crippen LogP contribution in [0, 0.1) is 5.92 Å². The zero-order chi connectivity index (χ0) is 16.8. The third-order valence-corrected chi connectivity index (χ3v) is 5.39. The lowest BCUT2D eigenvalue weighted by molar-refractivity contribution is 0.0621. The van der Waals surface area contributed by atoms with E-state index in [4.69, 9.17) is 0 Å². The fraction of sp³-hybridized carbons (Fsp3) is 0.421. The first kappa shape index (κ1) is 17.0. The van der Waals surface area contributed by atoms with Crippen molar-refractivity contribution in [1.29, 1.82) is 0 Å². The topological polar surface area (TPSA) is 52.6 Å². The fourth-order valence-electron chi connectivity index (χ4n) is 3.13. The summed E-state index contributed by atoms with van der Waals surface area (Å²) in [5.41, 5.74) is 1.70. The Morgan fingerprint density at radius 3 is 3.04 bits per heavy atom. The van der Waals surface area contributed by atoms with Crippen LogP contribution in [0.2, 0.25) is 0 Å². The summed E-state index contributed by atoms with van der Waals surface area (Å²) in [7, 11) is 0. The standard InChI is InChI=1S/C19H24N2O2S/c22-14-15-4-2-10-21(13-15)19(23)16-5-1-6-17(12-16)20-9-8-18-7-3-11-24-18/h1,3,5-7,11-12,15,20,22H,2,4,8-10,13-14H2/t15-/m1/s1. The van der Waals surface area contributed by atoms with Crippen LogP contribution < -0.4 is 5.32 Å². The van der Waals surface area contributed by atoms with E-state index in [0.29, 0.717) is 6.54 Å². The lowest BCUT2D eigenvalue weighted by atomic mass is 9.98. The molecule has 0 unspecified atom stereocenters. The number of likely N-dealkylation sites (tertiary alicyclic amines) is 1. The molecule has 0 radical (unpaired) electrons. The maximum absolute atomic E-state index is 12.7. The Kier molecular flexibility index (Phi) is 5.88. The van der Waals surface area contributed by atoms with Gasteiger partial charge in [0, 0.05) is 42.4 Å². The maximum Gasteiger partial charge on any atom is 0.253 e. The van der Waals surface area contributed by atoms with Gasteiger partial charge >= 0.3 is 0 Å². The molecule has 24 heavy (non-hydrogen) atoms. The van der Waals surface area contributed by atoms with Crippen LogP contribution >= 0.6 is 11.3 Å². The van der Waals surface area contributed by atoms with E-state index < -0.39 is 0 Å². The van der Waals surface area contributed by atoms with E-state index in [1.807, 2.05) is 29.2 Å². The van der Waals surface area contributed by atoms with Gasteiger partial charge < -0.3 is 15.3 Å². The highest BCUT2D eigenvalue weighted by Gasteiger charge is 2.24. The Bertz CT molecular complexity index is 657. The monoisotopic (exact) mass is 344 g/mol. The molecular formula is C19H24N2O2S. The Morgan fingerprint density at radius 2 is 2.25 bits per heavy atom. The predicted octanol–water partition coefficient (Wildman–Crippen LogP) is 3.25. The number of hydrogen-bond donors (Lipinski definition) is 2. The van der Waals surface area contributed by atoms with Crippen LogP contribution in [0.5, 0.6) is 0 Å². The van der Waals surface area contributed by atoms with Gasteiger partial charge in [0.05, 0.1) is 0 Å². The van der Waals surface area contributed by atoms with Gasteiger partial charge in [0.25, 0.3) is 5.91 Å². The van der Waals surface area contributed by atoms with Gasteiger partial charge in [-0.2, -0.15) is 0 Å². The molecule has 128 valence electrons. The highest BCUT2D eigenvalue weighted by atomic mass is 32.1. The molecule has 1 aliphatic heterocycles. The molecule has 0 saturated carbocycles. The molecule has 1 aliphatic rings. The molecular weight excluding hydrogens is 320 g/mol. The SMILES string of the molecule is O=C(c1cccc(NCCc2cccs2)c1)N1CCC[C@@H](CO)C1. The van der Waals surface area contributed by atoms with Gasteiger partial charge in [-0.25, -0.2) is 0 Å². The molecule has 0 aliphatic carbocycles. The lowest BCUT2D eigenvalue weighted by Gasteiger charge is -2.32. The molecule has 2 N–H and O–H groups in total. The van der Waals surface area contributed by atoms with Gasteiger partial charge in [-0.15, -0.1) is 11.3 Å². The molecule has 3 rings (SSSR count). The molecule has 1 atom stereocenters. The predicted molar refractivity (Wildman–Crippen MR) is 98.7 cm³/mol. The number of aliphatic hydroxyl groups excluding tert-OH is 1. The van der Waals surface area contributed by atoms with Gasteiger partial charge in [-0.05, 0) is 54.8 Å². The highest BCUT2D eigenvalue weighted by Crippen LogP contribution is 2.20. The second-order valence-electron chi connectivity index (χ2n) is 6.28. The molecule has 1 saturated heterocycles. The number of aliphatic hydroxyl groups is 1. The van der Waals surface area contributed by atoms with Crippen molar-refractivity contribution >= 4 is 22.9 Å². The average Bonchev–Trinajstić information content (AvgIpc) is 3.15. The summed E-state index contributed by atoms with van der Waals surface area (Å²) in [4.78, 5) is 15.9. The van der Waals surface area contributed by atoms with Crippen LogP contribution in [0.25, 0.3) is 0 Å². The minimum atomic E-state index is 0.0649. The van der Waals surface area contributed by atoms with E-state index in [9.17, 15) is 9.90 Å². The van der Waals surface area contributed by atoms with E-state index in [2.05, 4.69) is 22.8 Å². The zero-order valence-corrected chi connectivity index (χ0v) is 14.6. The summed E-state index contributed by atoms with van der Waals surface area (Å²) in [6, 6.07) is 11.9. The number of amides is 1. The summed E-state index contributed by atoms with van der Waals surface area (Å²) in [6.45, 7) is 2.46. The quantitative estimate of drug-likeness (QED) is 0.846. The van der Waals surface area contributed by atoms with Crippen molar-refractivity contribution in [3.05, 3.63) is 52.2 Å². The Hall–Kier alpha value is -1.85. The van der Waals surface area contributed by atoms with E-state index >= 15 is 0 Å². The third kappa shape index (κ3) is 4.36. The smallest absolute Gasteiger partial charge is 0.253 e. The third-order valence-electron chi connectivity index (χ3n) is 4.45. The van der Waals surface area contributed by atoms with E-state index in [1.165, 1.54) is 4.88 Å². The normalized spacial score (nSPS) is 17.7. The minimum absolute atomic E-state index is 0.0649. The summed E-state index contributed by atoms with van der Waals surface area (Å²) in [6.07, 6.45) is 2.96. The second-order valence-corrected chi connectivity index (χ2v) is 7.31. The number of nitrogens with zero attached hydrogens (tertiary/aromatic N) is 1. The lowest BCUT2D eigenvalue weighted by Crippen LogP contribution is -2.40. The summed E-state index contributed by atoms with van der Waals surface area (Å²) in [5.74, 6) is 0.282. The average molecular weight is 344 g/mol. The van der Waals surface area contributed by atoms with Crippen molar-refractivity contribution in [2.24, 2.45) is 5.92 Å². The summed E-state index contributed by atoms with van der Waals surface area (Å²) < 4.78 is 0. The van der Waals surface area contributed by atoms with Crippen LogP contribution in [0.1, 0.15) is 28.1 Å². The van der Waals surface area contributed by atoms with Crippen molar-refractivity contribution in [2.45, 2.75) is 19.3 Å². The van der Waals surface area contributed by atoms with Gasteiger partial charge in [-0.3, -0.25) is 4.79 Å². The first-order valence-corrected chi connectivity index (χ1v) is 9.40. The molecule has 1 aromatic carbocycles. The van der Waals surface area contributed by atoms with E-state index in [1.54, 1.807) is 11.3 Å². The van der Waals surface area contributed by atoms with Gasteiger partial charge in [0.2, 0.25) is 0 Å². The van der Waals surface area contributed by atoms with Crippen LogP contribution in [0.15, 0.2) is 41.8 Å². The number of carbonyl (C=O) groups excluding carboxylic acids is 1. The second kappa shape index (κ2) is 8.31. The molecule has 1 aromatic heterocycles. The van der Waals surface area contributed by atoms with Crippen LogP contribution in [0.3, 0.4) is 0 Å². The van der Waals surface area contributed by atoms with E-state index in [-0.39, 0.29) is 18.4 Å². The van der Waals surface area contributed by atoms with Crippen LogP contribution in [0.4, 0.5) is 5.69 Å². The molecule has 1 amide bonds. The van der Waals surface area contributed by atoms with Gasteiger partial charge in [-0.1, -0.05) is 12.1 Å². The number of piperidine rings is 1. The van der Waals surface area contributed by atoms with Crippen molar-refractivity contribution in [3.63, 3.8) is 0 Å². The number of carbonyl (C=O) groups is 1. The molecule has 2 heterocycles. The number of rotatable bonds is 6. The Labute approximate surface area is 147 Å². The first-order chi connectivity index (χ1) is 11.8. The van der Waals surface area contributed by atoms with Crippen LogP contribution in [-0.4, -0.2) is 42.2 Å². The summed E-state index contributed by atoms with van der Waals surface area (Å²) >= 11 is 1.77. The minimum Gasteiger partial charge on any atom is -0.396 e. The largest absolute Gasteiger partial charge is 0.396 e. The fourth-order valence-corrected chi connectivity index (χ4v) is 3.84.